The summed E-state index contributed by atoms with van der Waals surface area (Å²) in [6, 6.07) is 6.70. The molecule has 0 aliphatic rings. The third-order valence-corrected chi connectivity index (χ3v) is 2.70. The molecule has 0 amide bonds. The first-order chi connectivity index (χ1) is 8.72. The Kier molecular flexibility index (Phi) is 3.99. The first-order valence-corrected chi connectivity index (χ1v) is 5.80. The topological polar surface area (TPSA) is 24.9 Å². The van der Waals surface area contributed by atoms with E-state index in [-0.39, 0.29) is 6.04 Å². The van der Waals surface area contributed by atoms with Crippen molar-refractivity contribution in [1.82, 2.24) is 10.3 Å². The van der Waals surface area contributed by atoms with Crippen molar-refractivity contribution in [2.24, 2.45) is 0 Å². The van der Waals surface area contributed by atoms with Gasteiger partial charge in [-0.05, 0) is 36.4 Å². The number of hydrogen-bond donors (Lipinski definition) is 1. The molecular weight excluding hydrogens is 234 g/mol. The predicted molar refractivity (Wildman–Crippen MR) is 66.1 cm³/mol. The van der Waals surface area contributed by atoms with Gasteiger partial charge in [-0.2, -0.15) is 0 Å². The van der Waals surface area contributed by atoms with Crippen molar-refractivity contribution in [3.05, 3.63) is 65.5 Å². The van der Waals surface area contributed by atoms with Crippen LogP contribution in [-0.4, -0.2) is 11.5 Å². The number of halogens is 2. The molecule has 18 heavy (non-hydrogen) atoms. The van der Waals surface area contributed by atoms with Gasteiger partial charge < -0.3 is 5.32 Å². The lowest BCUT2D eigenvalue weighted by Gasteiger charge is -2.19. The third-order valence-electron chi connectivity index (χ3n) is 2.70. The Hall–Kier alpha value is -1.81. The second-order valence-electron chi connectivity index (χ2n) is 3.94. The molecule has 0 aliphatic heterocycles. The Balaban J connectivity index is 2.44. The highest BCUT2D eigenvalue weighted by molar-refractivity contribution is 5.31. The highest BCUT2D eigenvalue weighted by Gasteiger charge is 2.17. The van der Waals surface area contributed by atoms with Crippen LogP contribution in [0.25, 0.3) is 0 Å². The van der Waals surface area contributed by atoms with E-state index < -0.39 is 11.6 Å². The van der Waals surface area contributed by atoms with Gasteiger partial charge >= 0.3 is 0 Å². The van der Waals surface area contributed by atoms with Gasteiger partial charge in [0.2, 0.25) is 0 Å². The first kappa shape index (κ1) is 12.6. The average Bonchev–Trinajstić information content (AvgIpc) is 2.40. The van der Waals surface area contributed by atoms with Crippen LogP contribution in [0, 0.1) is 11.6 Å². The van der Waals surface area contributed by atoms with Crippen molar-refractivity contribution in [2.45, 2.75) is 13.0 Å². The minimum Gasteiger partial charge on any atom is -0.306 e. The van der Waals surface area contributed by atoms with E-state index in [1.807, 2.05) is 13.0 Å². The van der Waals surface area contributed by atoms with E-state index >= 15 is 0 Å². The van der Waals surface area contributed by atoms with Crippen LogP contribution in [-0.2, 0) is 0 Å². The van der Waals surface area contributed by atoms with Gasteiger partial charge in [-0.3, -0.25) is 4.98 Å². The summed E-state index contributed by atoms with van der Waals surface area (Å²) in [5.41, 5.74) is 1.11. The van der Waals surface area contributed by atoms with E-state index in [2.05, 4.69) is 10.3 Å². The summed E-state index contributed by atoms with van der Waals surface area (Å²) in [7, 11) is 0. The summed E-state index contributed by atoms with van der Waals surface area (Å²) in [6.07, 6.45) is 3.30. The van der Waals surface area contributed by atoms with Crippen LogP contribution in [0.1, 0.15) is 24.1 Å². The normalized spacial score (nSPS) is 12.4. The van der Waals surface area contributed by atoms with Crippen LogP contribution in [0.3, 0.4) is 0 Å². The monoisotopic (exact) mass is 248 g/mol. The number of benzene rings is 1. The van der Waals surface area contributed by atoms with E-state index in [1.165, 1.54) is 6.07 Å². The lowest BCUT2D eigenvalue weighted by molar-refractivity contribution is 0.544. The zero-order valence-corrected chi connectivity index (χ0v) is 10.0. The SMILES string of the molecule is CCNC(c1cccnc1)c1cc(F)ccc1F. The molecule has 0 saturated heterocycles. The van der Waals surface area contributed by atoms with Crippen LogP contribution in [0.4, 0.5) is 8.78 Å². The standard InChI is InChI=1S/C14H14F2N2/c1-2-18-14(10-4-3-7-17-9-10)12-8-11(15)5-6-13(12)16/h3-9,14,18H,2H2,1H3. The molecule has 1 heterocycles. The summed E-state index contributed by atoms with van der Waals surface area (Å²) < 4.78 is 27.1. The van der Waals surface area contributed by atoms with E-state index in [0.29, 0.717) is 12.1 Å². The van der Waals surface area contributed by atoms with Crippen molar-refractivity contribution >= 4 is 0 Å². The second-order valence-corrected chi connectivity index (χ2v) is 3.94. The van der Waals surface area contributed by atoms with E-state index in [4.69, 9.17) is 0 Å². The molecule has 1 aromatic carbocycles. The van der Waals surface area contributed by atoms with Gasteiger partial charge in [0.25, 0.3) is 0 Å². The predicted octanol–water partition coefficient (Wildman–Crippen LogP) is 3.06. The maximum Gasteiger partial charge on any atom is 0.128 e. The van der Waals surface area contributed by atoms with Gasteiger partial charge in [-0.15, -0.1) is 0 Å². The minimum absolute atomic E-state index is 0.296. The molecule has 1 aromatic heterocycles. The van der Waals surface area contributed by atoms with Crippen molar-refractivity contribution < 1.29 is 8.78 Å². The molecule has 0 radical (unpaired) electrons. The number of nitrogens with zero attached hydrogens (tertiary/aromatic N) is 1. The second kappa shape index (κ2) is 5.69. The summed E-state index contributed by atoms with van der Waals surface area (Å²) in [4.78, 5) is 4.01. The Bertz CT molecular complexity index is 514. The van der Waals surface area contributed by atoms with Crippen molar-refractivity contribution in [3.8, 4) is 0 Å². The Morgan fingerprint density at radius 1 is 1.28 bits per heavy atom. The molecule has 1 atom stereocenters. The molecule has 0 saturated carbocycles. The lowest BCUT2D eigenvalue weighted by atomic mass is 9.99. The lowest BCUT2D eigenvalue weighted by Crippen LogP contribution is -2.23. The maximum atomic E-state index is 13.8. The smallest absolute Gasteiger partial charge is 0.128 e. The van der Waals surface area contributed by atoms with Crippen molar-refractivity contribution in [3.63, 3.8) is 0 Å². The molecule has 2 rings (SSSR count). The fourth-order valence-corrected chi connectivity index (χ4v) is 1.89. The summed E-state index contributed by atoms with van der Waals surface area (Å²) >= 11 is 0. The number of hydrogen-bond acceptors (Lipinski definition) is 2. The van der Waals surface area contributed by atoms with Gasteiger partial charge in [0.15, 0.2) is 0 Å². The van der Waals surface area contributed by atoms with Crippen LogP contribution < -0.4 is 5.32 Å². The third kappa shape index (κ3) is 2.71. The van der Waals surface area contributed by atoms with Crippen LogP contribution in [0.15, 0.2) is 42.7 Å². The molecule has 4 heteroatoms. The number of rotatable bonds is 4. The highest BCUT2D eigenvalue weighted by atomic mass is 19.1. The highest BCUT2D eigenvalue weighted by Crippen LogP contribution is 2.24. The minimum atomic E-state index is -0.446. The molecule has 0 spiro atoms. The van der Waals surface area contributed by atoms with Crippen LogP contribution in [0.5, 0.6) is 0 Å². The van der Waals surface area contributed by atoms with Gasteiger partial charge in [-0.25, -0.2) is 8.78 Å². The summed E-state index contributed by atoms with van der Waals surface area (Å²) in [5, 5.41) is 3.14. The van der Waals surface area contributed by atoms with E-state index in [1.54, 1.807) is 18.5 Å². The fourth-order valence-electron chi connectivity index (χ4n) is 1.89. The average molecular weight is 248 g/mol. The molecule has 1 unspecified atom stereocenters. The van der Waals surface area contributed by atoms with Crippen LogP contribution in [0.2, 0.25) is 0 Å². The molecule has 94 valence electrons. The Morgan fingerprint density at radius 2 is 2.11 bits per heavy atom. The number of aromatic nitrogens is 1. The molecule has 2 nitrogen and oxygen atoms in total. The van der Waals surface area contributed by atoms with Crippen molar-refractivity contribution in [2.75, 3.05) is 6.54 Å². The van der Waals surface area contributed by atoms with Crippen molar-refractivity contribution in [1.29, 1.82) is 0 Å². The summed E-state index contributed by atoms with van der Waals surface area (Å²) in [5.74, 6) is -0.871. The zero-order valence-electron chi connectivity index (χ0n) is 10.0. The van der Waals surface area contributed by atoms with E-state index in [9.17, 15) is 8.78 Å². The molecule has 0 fully saturated rings. The Labute approximate surface area is 105 Å². The number of nitrogens with one attached hydrogen (secondary N) is 1. The first-order valence-electron chi connectivity index (χ1n) is 5.80. The molecular formula is C14H14F2N2. The zero-order chi connectivity index (χ0) is 13.0. The van der Waals surface area contributed by atoms with E-state index in [0.717, 1.165) is 17.7 Å². The maximum absolute atomic E-state index is 13.8. The Morgan fingerprint density at radius 3 is 2.78 bits per heavy atom. The molecule has 1 N–H and O–H groups in total. The molecule has 2 aromatic rings. The molecule has 0 bridgehead atoms. The molecule has 0 aliphatic carbocycles. The quantitative estimate of drug-likeness (QED) is 0.899. The van der Waals surface area contributed by atoms with Gasteiger partial charge in [0, 0.05) is 18.0 Å². The van der Waals surface area contributed by atoms with Crippen LogP contribution >= 0.6 is 0 Å². The van der Waals surface area contributed by atoms with Gasteiger partial charge in [-0.1, -0.05) is 13.0 Å². The van der Waals surface area contributed by atoms with Gasteiger partial charge in [0.1, 0.15) is 11.6 Å². The van der Waals surface area contributed by atoms with Gasteiger partial charge in [0.05, 0.1) is 6.04 Å². The number of pyridine rings is 1. The summed E-state index contributed by atoms with van der Waals surface area (Å²) in [6.45, 7) is 2.57. The largest absolute Gasteiger partial charge is 0.306 e. The fraction of sp³-hybridized carbons (Fsp3) is 0.214.